The van der Waals surface area contributed by atoms with Crippen molar-refractivity contribution < 1.29 is 4.79 Å². The first-order valence-corrected chi connectivity index (χ1v) is 6.78. The van der Waals surface area contributed by atoms with E-state index in [0.29, 0.717) is 13.0 Å². The van der Waals surface area contributed by atoms with Gasteiger partial charge in [0, 0.05) is 24.8 Å². The largest absolute Gasteiger partial charge is 0.352 e. The zero-order valence-electron chi connectivity index (χ0n) is 12.5. The van der Waals surface area contributed by atoms with Crippen molar-refractivity contribution in [2.24, 2.45) is 7.05 Å². The lowest BCUT2D eigenvalue weighted by Crippen LogP contribution is -2.25. The van der Waals surface area contributed by atoms with Crippen LogP contribution in [0.25, 0.3) is 0 Å². The van der Waals surface area contributed by atoms with Crippen LogP contribution in [0.3, 0.4) is 0 Å². The molecule has 20 heavy (non-hydrogen) atoms. The van der Waals surface area contributed by atoms with E-state index in [4.69, 9.17) is 0 Å². The second-order valence-corrected chi connectivity index (χ2v) is 5.21. The van der Waals surface area contributed by atoms with Crippen LogP contribution in [-0.4, -0.2) is 15.7 Å². The molecular formula is C16H21N3O. The van der Waals surface area contributed by atoms with Gasteiger partial charge in [-0.1, -0.05) is 29.8 Å². The van der Waals surface area contributed by atoms with Gasteiger partial charge in [-0.15, -0.1) is 0 Å². The summed E-state index contributed by atoms with van der Waals surface area (Å²) in [5, 5.41) is 7.28. The topological polar surface area (TPSA) is 46.9 Å². The Morgan fingerprint density at radius 3 is 2.40 bits per heavy atom. The molecule has 0 fully saturated rings. The fraction of sp³-hybridized carbons (Fsp3) is 0.375. The lowest BCUT2D eigenvalue weighted by Gasteiger charge is -2.06. The van der Waals surface area contributed by atoms with Gasteiger partial charge in [0.05, 0.1) is 12.1 Å². The summed E-state index contributed by atoms with van der Waals surface area (Å²) in [6, 6.07) is 8.18. The first kappa shape index (κ1) is 14.3. The molecule has 1 amide bonds. The van der Waals surface area contributed by atoms with E-state index in [1.165, 1.54) is 5.56 Å². The minimum absolute atomic E-state index is 0.0322. The highest BCUT2D eigenvalue weighted by Crippen LogP contribution is 2.12. The van der Waals surface area contributed by atoms with Crippen molar-refractivity contribution in [1.29, 1.82) is 0 Å². The lowest BCUT2D eigenvalue weighted by atomic mass is 10.1. The molecule has 0 aliphatic heterocycles. The molecule has 106 valence electrons. The number of rotatable bonds is 4. The maximum absolute atomic E-state index is 12.0. The number of benzene rings is 1. The molecule has 0 aliphatic carbocycles. The first-order chi connectivity index (χ1) is 9.47. The third kappa shape index (κ3) is 3.26. The van der Waals surface area contributed by atoms with E-state index in [9.17, 15) is 4.79 Å². The molecule has 2 aromatic rings. The fourth-order valence-corrected chi connectivity index (χ4v) is 2.20. The SMILES string of the molecule is Cc1ccc(CNC(=O)Cc2c(C)nn(C)c2C)cc1. The van der Waals surface area contributed by atoms with E-state index in [1.54, 1.807) is 0 Å². The van der Waals surface area contributed by atoms with Gasteiger partial charge >= 0.3 is 0 Å². The number of aromatic nitrogens is 2. The Morgan fingerprint density at radius 2 is 1.85 bits per heavy atom. The Bertz CT molecular complexity index is 611. The Morgan fingerprint density at radius 1 is 1.20 bits per heavy atom. The van der Waals surface area contributed by atoms with E-state index in [0.717, 1.165) is 22.5 Å². The minimum atomic E-state index is 0.0322. The minimum Gasteiger partial charge on any atom is -0.352 e. The van der Waals surface area contributed by atoms with Crippen molar-refractivity contribution in [2.75, 3.05) is 0 Å². The quantitative estimate of drug-likeness (QED) is 0.926. The molecule has 1 aromatic carbocycles. The Labute approximate surface area is 119 Å². The molecule has 1 N–H and O–H groups in total. The van der Waals surface area contributed by atoms with Crippen molar-refractivity contribution in [3.05, 3.63) is 52.3 Å². The summed E-state index contributed by atoms with van der Waals surface area (Å²) >= 11 is 0. The maximum atomic E-state index is 12.0. The number of amides is 1. The van der Waals surface area contributed by atoms with Crippen LogP contribution in [0, 0.1) is 20.8 Å². The number of hydrogen-bond donors (Lipinski definition) is 1. The highest BCUT2D eigenvalue weighted by atomic mass is 16.1. The molecule has 0 unspecified atom stereocenters. The van der Waals surface area contributed by atoms with Crippen LogP contribution in [-0.2, 0) is 24.8 Å². The van der Waals surface area contributed by atoms with Gasteiger partial charge < -0.3 is 5.32 Å². The lowest BCUT2D eigenvalue weighted by molar-refractivity contribution is -0.120. The van der Waals surface area contributed by atoms with Crippen LogP contribution >= 0.6 is 0 Å². The highest BCUT2D eigenvalue weighted by Gasteiger charge is 2.13. The monoisotopic (exact) mass is 271 g/mol. The zero-order valence-corrected chi connectivity index (χ0v) is 12.5. The average Bonchev–Trinajstić information content (AvgIpc) is 2.65. The predicted molar refractivity (Wildman–Crippen MR) is 79.4 cm³/mol. The third-order valence-corrected chi connectivity index (χ3v) is 3.61. The number of aryl methyl sites for hydroxylation is 3. The summed E-state index contributed by atoms with van der Waals surface area (Å²) in [4.78, 5) is 12.0. The molecule has 0 spiro atoms. The van der Waals surface area contributed by atoms with Gasteiger partial charge in [0.25, 0.3) is 0 Å². The van der Waals surface area contributed by atoms with Gasteiger partial charge in [-0.3, -0.25) is 9.48 Å². The van der Waals surface area contributed by atoms with E-state index in [1.807, 2.05) is 37.7 Å². The standard InChI is InChI=1S/C16H21N3O/c1-11-5-7-14(8-6-11)10-17-16(20)9-15-12(2)18-19(4)13(15)3/h5-8H,9-10H2,1-4H3,(H,17,20). The molecule has 0 saturated heterocycles. The third-order valence-electron chi connectivity index (χ3n) is 3.61. The Balaban J connectivity index is 1.94. The van der Waals surface area contributed by atoms with E-state index < -0.39 is 0 Å². The van der Waals surface area contributed by atoms with Crippen LogP contribution in [0.15, 0.2) is 24.3 Å². The molecular weight excluding hydrogens is 250 g/mol. The molecule has 2 rings (SSSR count). The molecule has 4 heteroatoms. The van der Waals surface area contributed by atoms with Gasteiger partial charge in [0.1, 0.15) is 0 Å². The van der Waals surface area contributed by atoms with Gasteiger partial charge in [0.2, 0.25) is 5.91 Å². The van der Waals surface area contributed by atoms with Crippen LogP contribution in [0.1, 0.15) is 28.1 Å². The number of carbonyl (C=O) groups is 1. The number of nitrogens with one attached hydrogen (secondary N) is 1. The smallest absolute Gasteiger partial charge is 0.224 e. The van der Waals surface area contributed by atoms with Gasteiger partial charge in [0.15, 0.2) is 0 Å². The summed E-state index contributed by atoms with van der Waals surface area (Å²) in [5.74, 6) is 0.0322. The van der Waals surface area contributed by atoms with Crippen molar-refractivity contribution in [2.45, 2.75) is 33.7 Å². The van der Waals surface area contributed by atoms with Crippen molar-refractivity contribution in [1.82, 2.24) is 15.1 Å². The van der Waals surface area contributed by atoms with Crippen LogP contribution < -0.4 is 5.32 Å². The van der Waals surface area contributed by atoms with E-state index in [2.05, 4.69) is 29.5 Å². The molecule has 0 atom stereocenters. The number of nitrogens with zero attached hydrogens (tertiary/aromatic N) is 2. The summed E-state index contributed by atoms with van der Waals surface area (Å²) < 4.78 is 1.82. The van der Waals surface area contributed by atoms with Crippen molar-refractivity contribution in [3.63, 3.8) is 0 Å². The molecule has 1 heterocycles. The molecule has 4 nitrogen and oxygen atoms in total. The zero-order chi connectivity index (χ0) is 14.7. The predicted octanol–water partition coefficient (Wildman–Crippen LogP) is 2.20. The molecule has 0 radical (unpaired) electrons. The maximum Gasteiger partial charge on any atom is 0.224 e. The highest BCUT2D eigenvalue weighted by molar-refractivity contribution is 5.79. The van der Waals surface area contributed by atoms with Crippen LogP contribution in [0.2, 0.25) is 0 Å². The normalized spacial score (nSPS) is 10.6. The van der Waals surface area contributed by atoms with E-state index >= 15 is 0 Å². The molecule has 0 bridgehead atoms. The van der Waals surface area contributed by atoms with Crippen LogP contribution in [0.4, 0.5) is 0 Å². The molecule has 0 saturated carbocycles. The summed E-state index contributed by atoms with van der Waals surface area (Å²) in [6.07, 6.45) is 0.386. The summed E-state index contributed by atoms with van der Waals surface area (Å²) in [6.45, 7) is 6.55. The van der Waals surface area contributed by atoms with Gasteiger partial charge in [-0.2, -0.15) is 5.10 Å². The molecule has 1 aromatic heterocycles. The second-order valence-electron chi connectivity index (χ2n) is 5.21. The van der Waals surface area contributed by atoms with E-state index in [-0.39, 0.29) is 5.91 Å². The number of carbonyl (C=O) groups excluding carboxylic acids is 1. The van der Waals surface area contributed by atoms with Crippen molar-refractivity contribution in [3.8, 4) is 0 Å². The van der Waals surface area contributed by atoms with Crippen molar-refractivity contribution >= 4 is 5.91 Å². The Kier molecular flexibility index (Phi) is 4.23. The van der Waals surface area contributed by atoms with Gasteiger partial charge in [-0.05, 0) is 26.3 Å². The van der Waals surface area contributed by atoms with Crippen LogP contribution in [0.5, 0.6) is 0 Å². The summed E-state index contributed by atoms with van der Waals surface area (Å²) in [7, 11) is 1.90. The average molecular weight is 271 g/mol. The van der Waals surface area contributed by atoms with Gasteiger partial charge in [-0.25, -0.2) is 0 Å². The second kappa shape index (κ2) is 5.90. The first-order valence-electron chi connectivity index (χ1n) is 6.78. The number of hydrogen-bond acceptors (Lipinski definition) is 2. The Hall–Kier alpha value is -2.10. The summed E-state index contributed by atoms with van der Waals surface area (Å²) in [5.41, 5.74) is 5.34. The molecule has 0 aliphatic rings. The fourth-order valence-electron chi connectivity index (χ4n) is 2.20.